The summed E-state index contributed by atoms with van der Waals surface area (Å²) in [4.78, 5) is 23.0. The molecule has 19 heavy (non-hydrogen) atoms. The van der Waals surface area contributed by atoms with Crippen LogP contribution >= 0.6 is 0 Å². The van der Waals surface area contributed by atoms with Crippen LogP contribution < -0.4 is 5.32 Å². The summed E-state index contributed by atoms with van der Waals surface area (Å²) in [6, 6.07) is 1.58. The highest BCUT2D eigenvalue weighted by atomic mass is 16.4. The van der Waals surface area contributed by atoms with E-state index in [-0.39, 0.29) is 11.9 Å². The molecule has 0 spiro atoms. The fraction of sp³-hybridized carbons (Fsp3) is 0.615. The molecule has 6 nitrogen and oxygen atoms in total. The Bertz CT molecular complexity index is 430. The van der Waals surface area contributed by atoms with Crippen LogP contribution in [-0.4, -0.2) is 32.8 Å². The average Bonchev–Trinajstić information content (AvgIpc) is 2.90. The molecule has 1 heterocycles. The molecule has 1 saturated carbocycles. The minimum Gasteiger partial charge on any atom is -0.481 e. The second kappa shape index (κ2) is 6.36. The molecule has 0 radical (unpaired) electrons. The highest BCUT2D eigenvalue weighted by Crippen LogP contribution is 2.24. The van der Waals surface area contributed by atoms with Gasteiger partial charge in [-0.15, -0.1) is 0 Å². The highest BCUT2D eigenvalue weighted by molar-refractivity contribution is 5.78. The predicted molar refractivity (Wildman–Crippen MR) is 68.4 cm³/mol. The number of carboxylic acid groups (broad SMARTS) is 1. The van der Waals surface area contributed by atoms with Crippen LogP contribution in [0.15, 0.2) is 18.5 Å². The van der Waals surface area contributed by atoms with E-state index in [4.69, 9.17) is 5.11 Å². The van der Waals surface area contributed by atoms with Gasteiger partial charge in [0.2, 0.25) is 5.91 Å². The van der Waals surface area contributed by atoms with E-state index in [0.29, 0.717) is 19.4 Å². The maximum atomic E-state index is 11.8. The molecule has 1 fully saturated rings. The van der Waals surface area contributed by atoms with Crippen molar-refractivity contribution in [1.82, 2.24) is 15.1 Å². The Kier molecular flexibility index (Phi) is 4.54. The molecular formula is C13H19N3O3. The van der Waals surface area contributed by atoms with Crippen LogP contribution in [0.5, 0.6) is 0 Å². The van der Waals surface area contributed by atoms with E-state index in [2.05, 4.69) is 10.4 Å². The van der Waals surface area contributed by atoms with E-state index in [1.165, 1.54) is 0 Å². The smallest absolute Gasteiger partial charge is 0.308 e. The molecule has 1 aromatic heterocycles. The predicted octanol–water partition coefficient (Wildman–Crippen LogP) is 1.03. The van der Waals surface area contributed by atoms with Crippen molar-refractivity contribution in [2.75, 3.05) is 0 Å². The van der Waals surface area contributed by atoms with E-state index < -0.39 is 11.9 Å². The zero-order chi connectivity index (χ0) is 13.7. The van der Waals surface area contributed by atoms with Crippen molar-refractivity contribution in [2.45, 2.75) is 44.7 Å². The maximum Gasteiger partial charge on any atom is 0.308 e. The summed E-state index contributed by atoms with van der Waals surface area (Å²) in [6.45, 7) is 0.517. The maximum absolute atomic E-state index is 11.8. The Morgan fingerprint density at radius 3 is 2.84 bits per heavy atom. The molecule has 0 aromatic carbocycles. The Morgan fingerprint density at radius 1 is 1.37 bits per heavy atom. The van der Waals surface area contributed by atoms with Crippen LogP contribution in [0.2, 0.25) is 0 Å². The molecule has 2 atom stereocenters. The summed E-state index contributed by atoms with van der Waals surface area (Å²) in [5, 5.41) is 16.0. The molecule has 2 unspecified atom stereocenters. The third kappa shape index (κ3) is 3.81. The molecular weight excluding hydrogens is 246 g/mol. The number of carbonyl (C=O) groups excluding carboxylic acids is 1. The normalized spacial score (nSPS) is 22.9. The number of amides is 1. The van der Waals surface area contributed by atoms with Crippen LogP contribution in [0.1, 0.15) is 32.1 Å². The summed E-state index contributed by atoms with van der Waals surface area (Å²) in [7, 11) is 0. The van der Waals surface area contributed by atoms with Gasteiger partial charge < -0.3 is 10.4 Å². The van der Waals surface area contributed by atoms with Gasteiger partial charge in [-0.2, -0.15) is 5.10 Å². The lowest BCUT2D eigenvalue weighted by atomic mass is 9.84. The molecule has 0 saturated heterocycles. The van der Waals surface area contributed by atoms with Gasteiger partial charge in [-0.3, -0.25) is 14.3 Å². The van der Waals surface area contributed by atoms with Gasteiger partial charge >= 0.3 is 5.97 Å². The van der Waals surface area contributed by atoms with E-state index in [9.17, 15) is 9.59 Å². The van der Waals surface area contributed by atoms with Crippen molar-refractivity contribution in [3.63, 3.8) is 0 Å². The Labute approximate surface area is 111 Å². The summed E-state index contributed by atoms with van der Waals surface area (Å²) in [5.41, 5.74) is 0. The largest absolute Gasteiger partial charge is 0.481 e. The lowest BCUT2D eigenvalue weighted by molar-refractivity contribution is -0.144. The number of aryl methyl sites for hydroxylation is 1. The van der Waals surface area contributed by atoms with Crippen LogP contribution in [-0.2, 0) is 16.1 Å². The zero-order valence-corrected chi connectivity index (χ0v) is 10.8. The number of nitrogens with one attached hydrogen (secondary N) is 1. The summed E-state index contributed by atoms with van der Waals surface area (Å²) < 4.78 is 1.69. The van der Waals surface area contributed by atoms with Crippen molar-refractivity contribution >= 4 is 11.9 Å². The van der Waals surface area contributed by atoms with Gasteiger partial charge in [0.15, 0.2) is 0 Å². The van der Waals surface area contributed by atoms with Gasteiger partial charge in [-0.25, -0.2) is 0 Å². The third-order valence-electron chi connectivity index (χ3n) is 3.56. The van der Waals surface area contributed by atoms with Crippen molar-refractivity contribution in [3.05, 3.63) is 18.5 Å². The Hall–Kier alpha value is -1.85. The Morgan fingerprint density at radius 2 is 2.16 bits per heavy atom. The minimum atomic E-state index is -0.808. The average molecular weight is 265 g/mol. The van der Waals surface area contributed by atoms with Crippen LogP contribution in [0, 0.1) is 5.92 Å². The highest BCUT2D eigenvalue weighted by Gasteiger charge is 2.31. The number of carboxylic acids is 1. The second-order valence-corrected chi connectivity index (χ2v) is 4.92. The standard InChI is InChI=1S/C13H19N3O3/c17-12(6-9-16-8-3-7-14-16)15-11-5-2-1-4-10(11)13(18)19/h3,7-8,10-11H,1-2,4-6,9H2,(H,15,17)(H,18,19). The molecule has 2 rings (SSSR count). The molecule has 2 N–H and O–H groups in total. The fourth-order valence-electron chi connectivity index (χ4n) is 2.53. The summed E-state index contributed by atoms with van der Waals surface area (Å²) in [5.74, 6) is -1.35. The first-order valence-electron chi connectivity index (χ1n) is 6.66. The lowest BCUT2D eigenvalue weighted by Crippen LogP contribution is -2.45. The van der Waals surface area contributed by atoms with Crippen LogP contribution in [0.3, 0.4) is 0 Å². The molecule has 104 valence electrons. The molecule has 0 bridgehead atoms. The number of aromatic nitrogens is 2. The van der Waals surface area contributed by atoms with Gasteiger partial charge in [0.25, 0.3) is 0 Å². The molecule has 0 aliphatic heterocycles. The monoisotopic (exact) mass is 265 g/mol. The topological polar surface area (TPSA) is 84.2 Å². The lowest BCUT2D eigenvalue weighted by Gasteiger charge is -2.29. The first-order chi connectivity index (χ1) is 9.16. The fourth-order valence-corrected chi connectivity index (χ4v) is 2.53. The van der Waals surface area contributed by atoms with Gasteiger partial charge in [-0.1, -0.05) is 12.8 Å². The second-order valence-electron chi connectivity index (χ2n) is 4.92. The van der Waals surface area contributed by atoms with Crippen LogP contribution in [0.25, 0.3) is 0 Å². The summed E-state index contributed by atoms with van der Waals surface area (Å²) >= 11 is 0. The Balaban J connectivity index is 1.81. The van der Waals surface area contributed by atoms with Gasteiger partial charge in [-0.05, 0) is 18.9 Å². The number of hydrogen-bond donors (Lipinski definition) is 2. The van der Waals surface area contributed by atoms with Gasteiger partial charge in [0, 0.05) is 31.4 Å². The van der Waals surface area contributed by atoms with Crippen molar-refractivity contribution in [1.29, 1.82) is 0 Å². The SMILES string of the molecule is O=C(CCn1cccn1)NC1CCCCC1C(=O)O. The third-order valence-corrected chi connectivity index (χ3v) is 3.56. The van der Waals surface area contributed by atoms with Crippen molar-refractivity contribution < 1.29 is 14.7 Å². The first-order valence-corrected chi connectivity index (χ1v) is 6.66. The molecule has 6 heteroatoms. The van der Waals surface area contributed by atoms with E-state index in [1.807, 2.05) is 0 Å². The van der Waals surface area contributed by atoms with Crippen molar-refractivity contribution in [3.8, 4) is 0 Å². The van der Waals surface area contributed by atoms with E-state index >= 15 is 0 Å². The quantitative estimate of drug-likeness (QED) is 0.833. The van der Waals surface area contributed by atoms with E-state index in [1.54, 1.807) is 23.1 Å². The zero-order valence-electron chi connectivity index (χ0n) is 10.8. The molecule has 1 aliphatic rings. The van der Waals surface area contributed by atoms with Gasteiger partial charge in [0.05, 0.1) is 5.92 Å². The molecule has 1 aromatic rings. The first kappa shape index (κ1) is 13.6. The number of aliphatic carboxylic acids is 1. The number of hydrogen-bond acceptors (Lipinski definition) is 3. The van der Waals surface area contributed by atoms with E-state index in [0.717, 1.165) is 19.3 Å². The minimum absolute atomic E-state index is 0.103. The number of carbonyl (C=O) groups is 2. The number of nitrogens with zero attached hydrogens (tertiary/aromatic N) is 2. The summed E-state index contributed by atoms with van der Waals surface area (Å²) in [6.07, 6.45) is 7.10. The molecule has 1 amide bonds. The molecule has 1 aliphatic carbocycles. The van der Waals surface area contributed by atoms with Crippen molar-refractivity contribution in [2.24, 2.45) is 5.92 Å². The van der Waals surface area contributed by atoms with Crippen LogP contribution in [0.4, 0.5) is 0 Å². The van der Waals surface area contributed by atoms with Gasteiger partial charge in [0.1, 0.15) is 0 Å². The number of rotatable bonds is 5.